The standard InChI is InChI=1S/C27H34NOP.C8H12.F6P.Rh/c1-20(2)27(28-18-23-10-12-24(29-5)13-11-23)19-30(25-14-6-21(3)7-15-25)26-16-8-22(4)9-17-26;1-2-4-6-8-7-5-3-1;1-7(2,3,4,5)6;/h6-17,20,27-28H,18-19H2,1-5H3;1-2,7-8H,3-6H2;;/q;;-1;/b;2-1-,8-7-;;/t27-;;;/m1.../s1. The van der Waals surface area contributed by atoms with Gasteiger partial charge in [-0.25, -0.2) is 0 Å². The molecule has 2 nitrogen and oxygen atoms in total. The Morgan fingerprint density at radius 1 is 0.674 bits per heavy atom. The molecule has 1 aliphatic rings. The molecule has 1 aliphatic carbocycles. The third kappa shape index (κ3) is 20.3. The molecule has 0 bridgehead atoms. The van der Waals surface area contributed by atoms with Crippen LogP contribution in [0.3, 0.4) is 0 Å². The minimum absolute atomic E-state index is 0. The van der Waals surface area contributed by atoms with Crippen LogP contribution in [0.25, 0.3) is 0 Å². The van der Waals surface area contributed by atoms with Crippen LogP contribution in [0.4, 0.5) is 25.2 Å². The first-order chi connectivity index (χ1) is 20.9. The molecule has 0 fully saturated rings. The first-order valence-electron chi connectivity index (χ1n) is 15.0. The number of methoxy groups -OCH3 is 1. The smallest absolute Gasteiger partial charge is 0 e. The fourth-order valence-electron chi connectivity index (χ4n) is 4.37. The number of aryl methyl sites for hydroxylation is 2. The minimum Gasteiger partial charge on any atom is 0 e. The monoisotopic (exact) mass is 775 g/mol. The predicted molar refractivity (Wildman–Crippen MR) is 182 cm³/mol. The molecule has 0 saturated heterocycles. The van der Waals surface area contributed by atoms with E-state index in [4.69, 9.17) is 4.74 Å². The summed E-state index contributed by atoms with van der Waals surface area (Å²) in [5.41, 5.74) is 3.92. The van der Waals surface area contributed by atoms with Gasteiger partial charge in [-0.2, -0.15) is 0 Å². The summed E-state index contributed by atoms with van der Waals surface area (Å²) in [4.78, 5) is 0. The number of ether oxygens (including phenoxy) is 1. The Hall–Kier alpha value is -2.04. The van der Waals surface area contributed by atoms with Crippen LogP contribution in [-0.4, -0.2) is 19.3 Å². The average molecular weight is 776 g/mol. The van der Waals surface area contributed by atoms with Crippen LogP contribution in [0, 0.1) is 19.8 Å². The zero-order valence-electron chi connectivity index (χ0n) is 27.0. The second-order valence-electron chi connectivity index (χ2n) is 11.4. The second-order valence-corrected chi connectivity index (χ2v) is 15.6. The molecule has 3 aromatic carbocycles. The Bertz CT molecular complexity index is 1260. The normalized spacial score (nSPS) is 16.5. The molecule has 1 N–H and O–H groups in total. The summed E-state index contributed by atoms with van der Waals surface area (Å²) in [5.74, 6) is 1.46. The van der Waals surface area contributed by atoms with Gasteiger partial charge in [0, 0.05) is 32.1 Å². The van der Waals surface area contributed by atoms with Crippen molar-refractivity contribution in [2.24, 2.45) is 5.92 Å². The Morgan fingerprint density at radius 3 is 1.37 bits per heavy atom. The van der Waals surface area contributed by atoms with Gasteiger partial charge in [0.2, 0.25) is 0 Å². The van der Waals surface area contributed by atoms with Crippen LogP contribution in [0.2, 0.25) is 0 Å². The summed E-state index contributed by atoms with van der Waals surface area (Å²) in [6.45, 7) is 9.83. The topological polar surface area (TPSA) is 21.3 Å². The maximum Gasteiger partial charge on any atom is 0 e. The Kier molecular flexibility index (Phi) is 16.9. The fraction of sp³-hybridized carbons (Fsp3) is 0.371. The van der Waals surface area contributed by atoms with E-state index >= 15 is 0 Å². The number of hydrogen-bond donors (Lipinski definition) is 1. The van der Waals surface area contributed by atoms with Crippen molar-refractivity contribution in [3.8, 4) is 5.75 Å². The Balaban J connectivity index is 0.000000544. The zero-order valence-corrected chi connectivity index (χ0v) is 30.5. The zero-order chi connectivity index (χ0) is 33.6. The SMILES string of the molecule is C1=C\CC/C=C\CC/1.COc1ccc(CN[C@H](CP(c2ccc(C)cc2)c2ccc(C)cc2)C(C)C)cc1.F[P-](F)(F)(F)(F)F.[Rh]. The van der Waals surface area contributed by atoms with Crippen LogP contribution in [0.5, 0.6) is 5.75 Å². The maximum absolute atomic E-state index is 10.7. The predicted octanol–water partition coefficient (Wildman–Crippen LogP) is 11.6. The van der Waals surface area contributed by atoms with E-state index in [0.29, 0.717) is 12.0 Å². The van der Waals surface area contributed by atoms with E-state index in [2.05, 4.69) is 118 Å². The number of rotatable bonds is 9. The van der Waals surface area contributed by atoms with Gasteiger partial charge < -0.3 is 10.1 Å². The molecule has 1 radical (unpaired) electrons. The van der Waals surface area contributed by atoms with Gasteiger partial charge in [0.15, 0.2) is 0 Å². The third-order valence-electron chi connectivity index (χ3n) is 6.94. The van der Waals surface area contributed by atoms with Crippen molar-refractivity contribution >= 4 is 26.3 Å². The molecular weight excluding hydrogens is 729 g/mol. The molecule has 259 valence electrons. The van der Waals surface area contributed by atoms with Crippen molar-refractivity contribution in [2.75, 3.05) is 13.3 Å². The Morgan fingerprint density at radius 2 is 1.04 bits per heavy atom. The van der Waals surface area contributed by atoms with Gasteiger partial charge >= 0.3 is 33.0 Å². The first-order valence-corrected chi connectivity index (χ1v) is 18.6. The molecule has 0 unspecified atom stereocenters. The van der Waals surface area contributed by atoms with E-state index < -0.39 is 15.7 Å². The number of hydrogen-bond acceptors (Lipinski definition) is 2. The van der Waals surface area contributed by atoms with Crippen LogP contribution in [0.1, 0.15) is 56.2 Å². The van der Waals surface area contributed by atoms with Crippen molar-refractivity contribution in [2.45, 2.75) is 66.0 Å². The van der Waals surface area contributed by atoms with E-state index in [0.717, 1.165) is 18.5 Å². The molecule has 4 rings (SSSR count). The summed E-state index contributed by atoms with van der Waals surface area (Å²) in [7, 11) is -9.37. The van der Waals surface area contributed by atoms with Crippen molar-refractivity contribution in [3.63, 3.8) is 0 Å². The molecule has 46 heavy (non-hydrogen) atoms. The number of nitrogens with one attached hydrogen (secondary N) is 1. The van der Waals surface area contributed by atoms with Crippen molar-refractivity contribution in [1.29, 1.82) is 0 Å². The van der Waals surface area contributed by atoms with Gasteiger partial charge in [-0.05, 0) is 87.8 Å². The van der Waals surface area contributed by atoms with E-state index in [1.165, 1.54) is 53.0 Å². The largest absolute Gasteiger partial charge is 0 e. The molecule has 1 atom stereocenters. The number of benzene rings is 3. The van der Waals surface area contributed by atoms with Gasteiger partial charge in [-0.1, -0.05) is 110 Å². The summed E-state index contributed by atoms with van der Waals surface area (Å²) in [5, 5.41) is 6.75. The van der Waals surface area contributed by atoms with Gasteiger partial charge in [-0.15, -0.1) is 0 Å². The molecular formula is C35H46F6NOP2Rh-. The van der Waals surface area contributed by atoms with E-state index in [9.17, 15) is 25.2 Å². The number of allylic oxidation sites excluding steroid dienone is 4. The van der Waals surface area contributed by atoms with Crippen molar-refractivity contribution in [1.82, 2.24) is 5.32 Å². The molecule has 0 heterocycles. The van der Waals surface area contributed by atoms with E-state index in [-0.39, 0.29) is 19.5 Å². The van der Waals surface area contributed by atoms with Crippen molar-refractivity contribution < 1.29 is 49.4 Å². The van der Waals surface area contributed by atoms with Gasteiger partial charge in [0.1, 0.15) is 5.75 Å². The molecule has 3 aromatic rings. The van der Waals surface area contributed by atoms with E-state index in [1.54, 1.807) is 7.11 Å². The summed E-state index contributed by atoms with van der Waals surface area (Å²) < 4.78 is 64.5. The Labute approximate surface area is 284 Å². The van der Waals surface area contributed by atoms with Crippen LogP contribution in [0.15, 0.2) is 97.1 Å². The average Bonchev–Trinajstić information content (AvgIpc) is 2.93. The fourth-order valence-corrected chi connectivity index (χ4v) is 7.05. The van der Waals surface area contributed by atoms with Gasteiger partial charge in [0.05, 0.1) is 7.11 Å². The molecule has 0 amide bonds. The molecule has 0 aliphatic heterocycles. The van der Waals surface area contributed by atoms with Crippen LogP contribution < -0.4 is 20.7 Å². The summed E-state index contributed by atoms with van der Waals surface area (Å²) >= 11 is 0. The third-order valence-corrected chi connectivity index (χ3v) is 9.54. The van der Waals surface area contributed by atoms with Crippen LogP contribution >= 0.6 is 15.7 Å². The first kappa shape index (κ1) is 42.0. The summed E-state index contributed by atoms with van der Waals surface area (Å²) in [6, 6.07) is 27.1. The van der Waals surface area contributed by atoms with Crippen molar-refractivity contribution in [3.05, 3.63) is 114 Å². The molecule has 0 aromatic heterocycles. The quantitative estimate of drug-likeness (QED) is 0.101. The molecule has 0 saturated carbocycles. The van der Waals surface area contributed by atoms with Gasteiger partial charge in [-0.3, -0.25) is 0 Å². The molecule has 11 heteroatoms. The van der Waals surface area contributed by atoms with E-state index in [1.807, 2.05) is 12.1 Å². The maximum atomic E-state index is 9.87. The second kappa shape index (κ2) is 18.5. The number of halogens is 6. The van der Waals surface area contributed by atoms with Gasteiger partial charge in [0.25, 0.3) is 0 Å². The molecule has 0 spiro atoms. The van der Waals surface area contributed by atoms with Crippen LogP contribution in [-0.2, 0) is 26.0 Å². The minimum atomic E-state index is -10.7. The summed E-state index contributed by atoms with van der Waals surface area (Å²) in [6.07, 6.45) is 15.1.